The molecule has 0 aromatic rings. The van der Waals surface area contributed by atoms with E-state index in [2.05, 4.69) is 0 Å². The first-order valence-corrected chi connectivity index (χ1v) is 6.73. The Kier molecular flexibility index (Phi) is 3.57. The van der Waals surface area contributed by atoms with Crippen molar-refractivity contribution in [1.29, 1.82) is 0 Å². The predicted molar refractivity (Wildman–Crippen MR) is 40.6 cm³/mol. The van der Waals surface area contributed by atoms with Crippen LogP contribution in [0.3, 0.4) is 0 Å². The van der Waals surface area contributed by atoms with Gasteiger partial charge in [-0.2, -0.15) is 21.6 Å². The average Bonchev–Trinajstić information content (AvgIpc) is 1.80. The Balaban J connectivity index is 5.52. The molecule has 1 unspecified atom stereocenters. The van der Waals surface area contributed by atoms with Crippen molar-refractivity contribution in [1.82, 2.24) is 0 Å². The maximum atomic E-state index is 12.0. The van der Waals surface area contributed by atoms with E-state index < -0.39 is 35.9 Å². The van der Waals surface area contributed by atoms with Gasteiger partial charge in [0.1, 0.15) is 0 Å². The van der Waals surface area contributed by atoms with Crippen LogP contribution in [-0.4, -0.2) is 32.8 Å². The highest BCUT2D eigenvalue weighted by Gasteiger charge is 2.52. The summed E-state index contributed by atoms with van der Waals surface area (Å²) in [6.45, 7) is 0.848. The molecule has 0 amide bonds. The van der Waals surface area contributed by atoms with Crippen molar-refractivity contribution < 1.29 is 34.6 Å². The molecule has 0 saturated heterocycles. The quantitative estimate of drug-likeness (QED) is 0.588. The van der Waals surface area contributed by atoms with Gasteiger partial charge in [-0.05, 0) is 6.42 Å². The van der Waals surface area contributed by atoms with Crippen molar-refractivity contribution in [2.75, 3.05) is 0 Å². The van der Waals surface area contributed by atoms with Gasteiger partial charge < -0.3 is 0 Å². The van der Waals surface area contributed by atoms with Gasteiger partial charge >= 0.3 is 15.3 Å². The molecule has 0 fully saturated rings. The second-order valence-corrected chi connectivity index (χ2v) is 7.43. The highest BCUT2D eigenvalue weighted by Crippen LogP contribution is 2.30. The number of hydrogen-bond donors (Lipinski definition) is 1. The zero-order chi connectivity index (χ0) is 11.8. The van der Waals surface area contributed by atoms with Crippen molar-refractivity contribution in [3.8, 4) is 0 Å². The van der Waals surface area contributed by atoms with Crippen LogP contribution in [0.25, 0.3) is 0 Å². The fraction of sp³-hybridized carbons (Fsp3) is 1.00. The van der Waals surface area contributed by atoms with Crippen LogP contribution < -0.4 is 0 Å². The van der Waals surface area contributed by atoms with Gasteiger partial charge in [-0.25, -0.2) is 8.42 Å². The minimum absolute atomic E-state index is 0.848. The first-order chi connectivity index (χ1) is 5.94. The van der Waals surface area contributed by atoms with Crippen LogP contribution in [0, 0.1) is 0 Å². The van der Waals surface area contributed by atoms with Crippen molar-refractivity contribution in [2.45, 2.75) is 24.8 Å². The Labute approximate surface area is 78.0 Å². The molecule has 0 radical (unpaired) electrons. The lowest BCUT2D eigenvalue weighted by molar-refractivity contribution is -0.130. The Morgan fingerprint density at radius 2 is 1.57 bits per heavy atom. The molecule has 5 nitrogen and oxygen atoms in total. The van der Waals surface area contributed by atoms with E-state index in [4.69, 9.17) is 4.55 Å². The van der Waals surface area contributed by atoms with E-state index in [1.54, 1.807) is 0 Å². The maximum absolute atomic E-state index is 12.0. The fourth-order valence-electron chi connectivity index (χ4n) is 0.746. The lowest BCUT2D eigenvalue weighted by Crippen LogP contribution is -2.39. The number of alkyl halides is 3. The summed E-state index contributed by atoms with van der Waals surface area (Å²) in [6, 6.07) is 0. The van der Waals surface area contributed by atoms with Crippen LogP contribution in [0.4, 0.5) is 13.2 Å². The van der Waals surface area contributed by atoms with E-state index >= 15 is 0 Å². The molecule has 1 N–H and O–H groups in total. The number of rotatable bonds is 3. The Morgan fingerprint density at radius 3 is 1.64 bits per heavy atom. The molecular weight excluding hydrogens is 249 g/mol. The molecule has 0 aliphatic heterocycles. The summed E-state index contributed by atoms with van der Waals surface area (Å²) in [7, 11) is -11.4. The topological polar surface area (TPSA) is 88.5 Å². The van der Waals surface area contributed by atoms with Gasteiger partial charge in [-0.3, -0.25) is 4.55 Å². The van der Waals surface area contributed by atoms with E-state index in [-0.39, 0.29) is 0 Å². The molecule has 0 spiro atoms. The predicted octanol–water partition coefficient (Wildman–Crippen LogP) is 0.545. The summed E-state index contributed by atoms with van der Waals surface area (Å²) < 4.78 is 85.7. The minimum atomic E-state index is -5.74. The molecule has 0 aliphatic rings. The lowest BCUT2D eigenvalue weighted by Gasteiger charge is -2.16. The smallest absolute Gasteiger partial charge is 0.274 e. The molecule has 0 rings (SSSR count). The van der Waals surface area contributed by atoms with Crippen LogP contribution in [0.15, 0.2) is 0 Å². The minimum Gasteiger partial charge on any atom is -0.274 e. The molecule has 86 valence electrons. The molecule has 0 heterocycles. The third kappa shape index (κ3) is 2.58. The largest absolute Gasteiger partial charge is 0.406 e. The fourth-order valence-corrected chi connectivity index (χ4v) is 3.39. The van der Waals surface area contributed by atoms with Crippen molar-refractivity contribution >= 4 is 18.0 Å². The molecule has 0 saturated carbocycles. The van der Waals surface area contributed by atoms with Crippen LogP contribution in [-0.2, 0) is 18.0 Å². The second-order valence-electron chi connectivity index (χ2n) is 2.36. The summed E-state index contributed by atoms with van der Waals surface area (Å²) >= 11 is 0. The van der Waals surface area contributed by atoms with Gasteiger partial charge in [-0.15, -0.1) is 0 Å². The van der Waals surface area contributed by atoms with Gasteiger partial charge in [0.25, 0.3) is 8.87 Å². The van der Waals surface area contributed by atoms with Gasteiger partial charge in [0.05, 0.1) is 0 Å². The first-order valence-electron chi connectivity index (χ1n) is 3.22. The van der Waals surface area contributed by atoms with Crippen LogP contribution in [0.2, 0.25) is 0 Å². The molecule has 0 bridgehead atoms. The second kappa shape index (κ2) is 3.66. The zero-order valence-corrected chi connectivity index (χ0v) is 8.45. The number of halogens is 3. The van der Waals surface area contributed by atoms with E-state index in [1.807, 2.05) is 0 Å². The standard InChI is InChI=1S/C4H7F3O5S2/c1-2-3(4(5,6)7)13(8,9)14(10,11)12/h3H,2H2,1H3,(H,10,11,12). The van der Waals surface area contributed by atoms with Crippen LogP contribution in [0.1, 0.15) is 13.3 Å². The Bertz CT molecular complexity index is 391. The van der Waals surface area contributed by atoms with Gasteiger partial charge in [0, 0.05) is 0 Å². The van der Waals surface area contributed by atoms with Crippen molar-refractivity contribution in [3.63, 3.8) is 0 Å². The maximum Gasteiger partial charge on any atom is 0.406 e. The lowest BCUT2D eigenvalue weighted by atomic mass is 10.3. The van der Waals surface area contributed by atoms with E-state index in [0.717, 1.165) is 6.92 Å². The third-order valence-electron chi connectivity index (χ3n) is 1.38. The zero-order valence-electron chi connectivity index (χ0n) is 6.82. The van der Waals surface area contributed by atoms with Crippen LogP contribution >= 0.6 is 0 Å². The van der Waals surface area contributed by atoms with E-state index in [1.165, 1.54) is 0 Å². The molecule has 0 aromatic heterocycles. The van der Waals surface area contributed by atoms with E-state index in [9.17, 15) is 30.0 Å². The summed E-state index contributed by atoms with van der Waals surface area (Å²) in [5, 5.41) is -3.09. The van der Waals surface area contributed by atoms with Crippen LogP contribution in [0.5, 0.6) is 0 Å². The summed E-state index contributed by atoms with van der Waals surface area (Å²) in [5.41, 5.74) is 0. The third-order valence-corrected chi connectivity index (χ3v) is 5.72. The van der Waals surface area contributed by atoms with Crippen molar-refractivity contribution in [3.05, 3.63) is 0 Å². The molecular formula is C4H7F3O5S2. The average molecular weight is 256 g/mol. The van der Waals surface area contributed by atoms with Crippen molar-refractivity contribution in [2.24, 2.45) is 0 Å². The van der Waals surface area contributed by atoms with Gasteiger partial charge in [0.2, 0.25) is 0 Å². The molecule has 0 aliphatic carbocycles. The Hall–Kier alpha value is -0.350. The molecule has 1 atom stereocenters. The molecule has 0 aromatic carbocycles. The summed E-state index contributed by atoms with van der Waals surface area (Å²) in [6.07, 6.45) is -6.20. The van der Waals surface area contributed by atoms with Gasteiger partial charge in [-0.1, -0.05) is 6.92 Å². The number of hydrogen-bond acceptors (Lipinski definition) is 4. The molecule has 10 heteroatoms. The summed E-state index contributed by atoms with van der Waals surface area (Å²) in [4.78, 5) is 0. The van der Waals surface area contributed by atoms with Gasteiger partial charge in [0.15, 0.2) is 5.25 Å². The highest BCUT2D eigenvalue weighted by molar-refractivity contribution is 8.65. The monoisotopic (exact) mass is 256 g/mol. The molecule has 14 heavy (non-hydrogen) atoms. The SMILES string of the molecule is CCC(C(F)(F)F)S(=O)(=O)S(=O)(=O)O. The van der Waals surface area contributed by atoms with E-state index in [0.29, 0.717) is 0 Å². The highest BCUT2D eigenvalue weighted by atomic mass is 33.2. The summed E-state index contributed by atoms with van der Waals surface area (Å²) in [5.74, 6) is 0. The normalized spacial score (nSPS) is 16.6. The first kappa shape index (κ1) is 13.7. The Morgan fingerprint density at radius 1 is 1.21 bits per heavy atom.